The minimum atomic E-state index is -0.109. The van der Waals surface area contributed by atoms with Gasteiger partial charge >= 0.3 is 0 Å². The number of carbonyl (C=O) groups is 1. The molecule has 0 radical (unpaired) electrons. The fraction of sp³-hybridized carbons (Fsp3) is 0.143. The van der Waals surface area contributed by atoms with Gasteiger partial charge in [0.15, 0.2) is 0 Å². The lowest BCUT2D eigenvalue weighted by molar-refractivity contribution is 0.0953. The number of benzene rings is 1. The van der Waals surface area contributed by atoms with Gasteiger partial charge in [0.05, 0.1) is 10.0 Å². The molecule has 1 amide bonds. The Morgan fingerprint density at radius 1 is 1.45 bits per heavy atom. The zero-order chi connectivity index (χ0) is 14.5. The van der Waals surface area contributed by atoms with E-state index in [-0.39, 0.29) is 5.91 Å². The Kier molecular flexibility index (Phi) is 5.03. The molecule has 0 aliphatic carbocycles. The van der Waals surface area contributed by atoms with Crippen molar-refractivity contribution in [2.24, 2.45) is 0 Å². The van der Waals surface area contributed by atoms with Crippen molar-refractivity contribution in [3.05, 3.63) is 46.6 Å². The largest absolute Gasteiger partial charge is 0.399 e. The average Bonchev–Trinajstić information content (AvgIpc) is 2.42. The lowest BCUT2D eigenvalue weighted by Gasteiger charge is -2.10. The number of hydrogen-bond donors (Lipinski definition) is 2. The quantitative estimate of drug-likeness (QED) is 0.829. The van der Waals surface area contributed by atoms with Crippen LogP contribution in [0.2, 0.25) is 0 Å². The molecule has 1 heterocycles. The summed E-state index contributed by atoms with van der Waals surface area (Å²) in [4.78, 5) is 17.1. The van der Waals surface area contributed by atoms with Crippen molar-refractivity contribution in [3.8, 4) is 0 Å². The van der Waals surface area contributed by atoms with Crippen LogP contribution < -0.4 is 11.1 Å². The van der Waals surface area contributed by atoms with Crippen LogP contribution in [0.5, 0.6) is 0 Å². The van der Waals surface area contributed by atoms with Crippen molar-refractivity contribution in [1.29, 1.82) is 0 Å². The number of carbonyl (C=O) groups excluding carboxylic acids is 1. The Hall–Kier alpha value is -1.53. The summed E-state index contributed by atoms with van der Waals surface area (Å²) in [5.41, 5.74) is 7.03. The molecule has 4 nitrogen and oxygen atoms in total. The fourth-order valence-electron chi connectivity index (χ4n) is 1.62. The molecule has 2 rings (SSSR count). The average molecular weight is 352 g/mol. The number of hydrogen-bond acceptors (Lipinski definition) is 4. The van der Waals surface area contributed by atoms with Gasteiger partial charge < -0.3 is 11.1 Å². The van der Waals surface area contributed by atoms with Crippen molar-refractivity contribution in [3.63, 3.8) is 0 Å². The number of nitrogen functional groups attached to an aromatic ring is 1. The van der Waals surface area contributed by atoms with E-state index < -0.39 is 0 Å². The second-order valence-electron chi connectivity index (χ2n) is 4.01. The molecule has 2 aromatic rings. The van der Waals surface area contributed by atoms with Gasteiger partial charge in [0, 0.05) is 23.3 Å². The molecular formula is C14H14BrN3OS. The highest BCUT2D eigenvalue weighted by Gasteiger charge is 2.13. The molecule has 0 aliphatic heterocycles. The van der Waals surface area contributed by atoms with Gasteiger partial charge in [-0.25, -0.2) is 4.98 Å². The maximum Gasteiger partial charge on any atom is 0.252 e. The standard InChI is InChI=1S/C14H14BrN3OS/c1-2-17-13(19)10-6-5-9(16)8-12(10)20-14-11(15)4-3-7-18-14/h3-8H,2,16H2,1H3,(H,17,19). The van der Waals surface area contributed by atoms with Crippen LogP contribution in [-0.2, 0) is 0 Å². The zero-order valence-electron chi connectivity index (χ0n) is 10.9. The number of aromatic nitrogens is 1. The second kappa shape index (κ2) is 6.76. The van der Waals surface area contributed by atoms with Gasteiger partial charge in [-0.2, -0.15) is 0 Å². The molecule has 1 aromatic carbocycles. The van der Waals surface area contributed by atoms with Gasteiger partial charge in [0.2, 0.25) is 0 Å². The molecule has 0 spiro atoms. The van der Waals surface area contributed by atoms with E-state index in [4.69, 9.17) is 5.73 Å². The molecule has 0 aliphatic rings. The summed E-state index contributed by atoms with van der Waals surface area (Å²) in [7, 11) is 0. The van der Waals surface area contributed by atoms with Gasteiger partial charge in [0.1, 0.15) is 5.03 Å². The molecule has 0 saturated carbocycles. The number of amides is 1. The third-order valence-electron chi connectivity index (χ3n) is 2.52. The van der Waals surface area contributed by atoms with E-state index in [1.165, 1.54) is 11.8 Å². The summed E-state index contributed by atoms with van der Waals surface area (Å²) < 4.78 is 0.884. The maximum atomic E-state index is 12.1. The third-order valence-corrected chi connectivity index (χ3v) is 4.50. The first kappa shape index (κ1) is 14.9. The summed E-state index contributed by atoms with van der Waals surface area (Å²) >= 11 is 4.86. The number of anilines is 1. The van der Waals surface area contributed by atoms with Crippen LogP contribution in [0, 0.1) is 0 Å². The highest BCUT2D eigenvalue weighted by Crippen LogP contribution is 2.34. The molecular weight excluding hydrogens is 338 g/mol. The first-order chi connectivity index (χ1) is 9.61. The van der Waals surface area contributed by atoms with E-state index in [1.807, 2.05) is 19.1 Å². The fourth-order valence-corrected chi connectivity index (χ4v) is 3.07. The van der Waals surface area contributed by atoms with Crippen molar-refractivity contribution in [2.45, 2.75) is 16.8 Å². The van der Waals surface area contributed by atoms with E-state index in [1.54, 1.807) is 24.4 Å². The minimum Gasteiger partial charge on any atom is -0.399 e. The number of nitrogens with two attached hydrogens (primary N) is 1. The molecule has 6 heteroatoms. The van der Waals surface area contributed by atoms with Gasteiger partial charge in [0.25, 0.3) is 5.91 Å². The molecule has 104 valence electrons. The van der Waals surface area contributed by atoms with Crippen LogP contribution in [0.15, 0.2) is 50.9 Å². The van der Waals surface area contributed by atoms with Crippen LogP contribution in [0.1, 0.15) is 17.3 Å². The molecule has 1 aromatic heterocycles. The first-order valence-electron chi connectivity index (χ1n) is 6.08. The molecule has 0 saturated heterocycles. The van der Waals surface area contributed by atoms with Crippen LogP contribution in [0.3, 0.4) is 0 Å². The third kappa shape index (κ3) is 3.52. The normalized spacial score (nSPS) is 10.3. The molecule has 0 bridgehead atoms. The lowest BCUT2D eigenvalue weighted by atomic mass is 10.2. The Labute approximate surface area is 130 Å². The monoisotopic (exact) mass is 351 g/mol. The number of rotatable bonds is 4. The smallest absolute Gasteiger partial charge is 0.252 e. The summed E-state index contributed by atoms with van der Waals surface area (Å²) in [5.74, 6) is -0.109. The van der Waals surface area contributed by atoms with Crippen LogP contribution in [0.25, 0.3) is 0 Å². The van der Waals surface area contributed by atoms with Gasteiger partial charge in [-0.05, 0) is 53.2 Å². The predicted octanol–water partition coefficient (Wildman–Crippen LogP) is 3.33. The number of pyridine rings is 1. The second-order valence-corrected chi connectivity index (χ2v) is 5.89. The van der Waals surface area contributed by atoms with E-state index in [0.29, 0.717) is 17.8 Å². The van der Waals surface area contributed by atoms with Gasteiger partial charge in [-0.1, -0.05) is 11.8 Å². The van der Waals surface area contributed by atoms with Crippen molar-refractivity contribution < 1.29 is 4.79 Å². The zero-order valence-corrected chi connectivity index (χ0v) is 13.3. The summed E-state index contributed by atoms with van der Waals surface area (Å²) in [6.45, 7) is 2.47. The SMILES string of the molecule is CCNC(=O)c1ccc(N)cc1Sc1ncccc1Br. The topological polar surface area (TPSA) is 68.0 Å². The lowest BCUT2D eigenvalue weighted by Crippen LogP contribution is -2.23. The van der Waals surface area contributed by atoms with E-state index >= 15 is 0 Å². The van der Waals surface area contributed by atoms with Crippen molar-refractivity contribution >= 4 is 39.3 Å². The van der Waals surface area contributed by atoms with Crippen molar-refractivity contribution in [1.82, 2.24) is 10.3 Å². The molecule has 0 unspecified atom stereocenters. The van der Waals surface area contributed by atoms with E-state index in [9.17, 15) is 4.79 Å². The van der Waals surface area contributed by atoms with Crippen LogP contribution >= 0.6 is 27.7 Å². The molecule has 0 atom stereocenters. The van der Waals surface area contributed by atoms with E-state index in [2.05, 4.69) is 26.2 Å². The highest BCUT2D eigenvalue weighted by atomic mass is 79.9. The Balaban J connectivity index is 2.37. The predicted molar refractivity (Wildman–Crippen MR) is 84.9 cm³/mol. The molecule has 20 heavy (non-hydrogen) atoms. The highest BCUT2D eigenvalue weighted by molar-refractivity contribution is 9.10. The van der Waals surface area contributed by atoms with Crippen LogP contribution in [0.4, 0.5) is 5.69 Å². The Bertz CT molecular complexity index is 634. The summed E-state index contributed by atoms with van der Waals surface area (Å²) in [6.07, 6.45) is 1.71. The first-order valence-corrected chi connectivity index (χ1v) is 7.69. The number of halogens is 1. The number of nitrogens with zero attached hydrogens (tertiary/aromatic N) is 1. The molecule has 0 fully saturated rings. The van der Waals surface area contributed by atoms with Crippen LogP contribution in [-0.4, -0.2) is 17.4 Å². The van der Waals surface area contributed by atoms with Gasteiger partial charge in [-0.15, -0.1) is 0 Å². The van der Waals surface area contributed by atoms with Crippen molar-refractivity contribution in [2.75, 3.05) is 12.3 Å². The maximum absolute atomic E-state index is 12.1. The Morgan fingerprint density at radius 2 is 2.25 bits per heavy atom. The minimum absolute atomic E-state index is 0.109. The summed E-state index contributed by atoms with van der Waals surface area (Å²) in [5, 5.41) is 3.59. The molecule has 3 N–H and O–H groups in total. The number of nitrogens with one attached hydrogen (secondary N) is 1. The Morgan fingerprint density at radius 3 is 2.95 bits per heavy atom. The van der Waals surface area contributed by atoms with E-state index in [0.717, 1.165) is 14.4 Å². The summed E-state index contributed by atoms with van der Waals surface area (Å²) in [6, 6.07) is 9.00. The van der Waals surface area contributed by atoms with Gasteiger partial charge in [-0.3, -0.25) is 4.79 Å².